The van der Waals surface area contributed by atoms with Gasteiger partial charge < -0.3 is 19.1 Å². The van der Waals surface area contributed by atoms with Gasteiger partial charge in [0.2, 0.25) is 5.88 Å². The number of methoxy groups -OCH3 is 2. The predicted molar refractivity (Wildman–Crippen MR) is 95.4 cm³/mol. The first-order valence-corrected chi connectivity index (χ1v) is 8.60. The van der Waals surface area contributed by atoms with Crippen molar-refractivity contribution in [1.29, 1.82) is 0 Å². The molecule has 1 aliphatic rings. The molecule has 0 unspecified atom stereocenters. The molecule has 0 bridgehead atoms. The zero-order valence-corrected chi connectivity index (χ0v) is 14.8. The Hall–Kier alpha value is -2.01. The number of hydrogen-bond acceptors (Lipinski definition) is 5. The number of benzene rings is 1. The van der Waals surface area contributed by atoms with Crippen molar-refractivity contribution in [2.45, 2.75) is 26.2 Å². The van der Waals surface area contributed by atoms with Crippen molar-refractivity contribution in [2.75, 3.05) is 40.5 Å². The highest BCUT2D eigenvalue weighted by Gasteiger charge is 2.13. The van der Waals surface area contributed by atoms with Gasteiger partial charge in [-0.1, -0.05) is 0 Å². The second-order valence-corrected chi connectivity index (χ2v) is 6.25. The molecule has 0 spiro atoms. The molecule has 2 heterocycles. The maximum atomic E-state index is 5.98. The van der Waals surface area contributed by atoms with E-state index < -0.39 is 0 Å². The first kappa shape index (κ1) is 16.8. The third-order valence-electron chi connectivity index (χ3n) is 4.56. The molecule has 0 aliphatic carbocycles. The first-order valence-electron chi connectivity index (χ1n) is 8.60. The van der Waals surface area contributed by atoms with E-state index in [2.05, 4.69) is 9.88 Å². The number of likely N-dealkylation sites (tertiary alicyclic amines) is 1. The molecule has 1 saturated heterocycles. The summed E-state index contributed by atoms with van der Waals surface area (Å²) in [5.41, 5.74) is 1.97. The SMILES string of the molecule is COc1cc(C)c2cc(OC)c(OCCCN3CCCC3)cc2n1. The van der Waals surface area contributed by atoms with Crippen LogP contribution in [0.5, 0.6) is 17.4 Å². The molecule has 2 aromatic rings. The number of fused-ring (bicyclic) bond motifs is 1. The Balaban J connectivity index is 1.73. The number of pyridine rings is 1. The second kappa shape index (κ2) is 7.71. The summed E-state index contributed by atoms with van der Waals surface area (Å²) < 4.78 is 16.7. The van der Waals surface area contributed by atoms with Crippen molar-refractivity contribution < 1.29 is 14.2 Å². The van der Waals surface area contributed by atoms with Crippen LogP contribution in [0, 0.1) is 6.92 Å². The Morgan fingerprint density at radius 1 is 1.04 bits per heavy atom. The van der Waals surface area contributed by atoms with Crippen LogP contribution < -0.4 is 14.2 Å². The third kappa shape index (κ3) is 3.73. The largest absolute Gasteiger partial charge is 0.493 e. The zero-order chi connectivity index (χ0) is 16.9. The zero-order valence-electron chi connectivity index (χ0n) is 14.8. The van der Waals surface area contributed by atoms with Crippen LogP contribution in [-0.4, -0.2) is 50.3 Å². The average molecular weight is 330 g/mol. The predicted octanol–water partition coefficient (Wildman–Crippen LogP) is 3.43. The minimum atomic E-state index is 0.616. The topological polar surface area (TPSA) is 43.8 Å². The van der Waals surface area contributed by atoms with E-state index in [0.717, 1.165) is 40.9 Å². The summed E-state index contributed by atoms with van der Waals surface area (Å²) in [7, 11) is 3.30. The molecule has 1 fully saturated rings. The lowest BCUT2D eigenvalue weighted by atomic mass is 10.1. The van der Waals surface area contributed by atoms with Crippen molar-refractivity contribution >= 4 is 10.9 Å². The van der Waals surface area contributed by atoms with E-state index in [9.17, 15) is 0 Å². The van der Waals surface area contributed by atoms with Crippen molar-refractivity contribution in [3.05, 3.63) is 23.8 Å². The second-order valence-electron chi connectivity index (χ2n) is 6.25. The molecule has 24 heavy (non-hydrogen) atoms. The van der Waals surface area contributed by atoms with Crippen LogP contribution in [0.25, 0.3) is 10.9 Å². The van der Waals surface area contributed by atoms with E-state index in [1.54, 1.807) is 14.2 Å². The van der Waals surface area contributed by atoms with Crippen molar-refractivity contribution in [2.24, 2.45) is 0 Å². The Morgan fingerprint density at radius 3 is 2.54 bits per heavy atom. The summed E-state index contributed by atoms with van der Waals surface area (Å²) >= 11 is 0. The minimum Gasteiger partial charge on any atom is -0.493 e. The molecule has 5 nitrogen and oxygen atoms in total. The molecule has 3 rings (SSSR count). The van der Waals surface area contributed by atoms with E-state index in [1.165, 1.54) is 25.9 Å². The lowest BCUT2D eigenvalue weighted by Crippen LogP contribution is -2.21. The van der Waals surface area contributed by atoms with Crippen molar-refractivity contribution in [3.63, 3.8) is 0 Å². The van der Waals surface area contributed by atoms with Crippen LogP contribution in [0.15, 0.2) is 18.2 Å². The van der Waals surface area contributed by atoms with Crippen molar-refractivity contribution in [1.82, 2.24) is 9.88 Å². The summed E-state index contributed by atoms with van der Waals surface area (Å²) in [5.74, 6) is 2.11. The quantitative estimate of drug-likeness (QED) is 0.728. The monoisotopic (exact) mass is 330 g/mol. The van der Waals surface area contributed by atoms with Crippen LogP contribution >= 0.6 is 0 Å². The summed E-state index contributed by atoms with van der Waals surface area (Å²) in [6.45, 7) is 6.27. The number of hydrogen-bond donors (Lipinski definition) is 0. The van der Waals surface area contributed by atoms with Gasteiger partial charge in [-0.15, -0.1) is 0 Å². The highest BCUT2D eigenvalue weighted by Crippen LogP contribution is 2.34. The van der Waals surface area contributed by atoms with Gasteiger partial charge in [0.1, 0.15) is 0 Å². The van der Waals surface area contributed by atoms with Gasteiger partial charge in [-0.2, -0.15) is 0 Å². The number of nitrogens with zero attached hydrogens (tertiary/aromatic N) is 2. The first-order chi connectivity index (χ1) is 11.7. The number of aromatic nitrogens is 1. The lowest BCUT2D eigenvalue weighted by molar-refractivity contribution is 0.254. The van der Waals surface area contributed by atoms with E-state index >= 15 is 0 Å². The van der Waals surface area contributed by atoms with E-state index in [4.69, 9.17) is 14.2 Å². The Bertz CT molecular complexity index is 697. The van der Waals surface area contributed by atoms with Gasteiger partial charge in [-0.3, -0.25) is 0 Å². The maximum Gasteiger partial charge on any atom is 0.213 e. The molecule has 0 radical (unpaired) electrons. The summed E-state index contributed by atoms with van der Waals surface area (Å²) in [5, 5.41) is 1.05. The van der Waals surface area contributed by atoms with Crippen LogP contribution in [0.2, 0.25) is 0 Å². The van der Waals surface area contributed by atoms with Crippen LogP contribution in [0.4, 0.5) is 0 Å². The molecule has 1 aromatic carbocycles. The molecule has 0 amide bonds. The number of rotatable bonds is 7. The average Bonchev–Trinajstić information content (AvgIpc) is 3.11. The molecule has 1 aliphatic heterocycles. The molecule has 130 valence electrons. The molecule has 0 atom stereocenters. The van der Waals surface area contributed by atoms with E-state index in [-0.39, 0.29) is 0 Å². The van der Waals surface area contributed by atoms with Gasteiger partial charge in [-0.25, -0.2) is 4.98 Å². The Labute approximate surface area is 143 Å². The smallest absolute Gasteiger partial charge is 0.213 e. The van der Waals surface area contributed by atoms with Gasteiger partial charge in [0.25, 0.3) is 0 Å². The molecular formula is C19H26N2O3. The van der Waals surface area contributed by atoms with Gasteiger partial charge in [0, 0.05) is 24.1 Å². The van der Waals surface area contributed by atoms with Crippen LogP contribution in [0.3, 0.4) is 0 Å². The van der Waals surface area contributed by atoms with Gasteiger partial charge in [0.15, 0.2) is 11.5 Å². The maximum absolute atomic E-state index is 5.98. The fourth-order valence-corrected chi connectivity index (χ4v) is 3.22. The highest BCUT2D eigenvalue weighted by molar-refractivity contribution is 5.86. The van der Waals surface area contributed by atoms with Crippen molar-refractivity contribution in [3.8, 4) is 17.4 Å². The molecule has 0 saturated carbocycles. The van der Waals surface area contributed by atoms with Gasteiger partial charge >= 0.3 is 0 Å². The summed E-state index contributed by atoms with van der Waals surface area (Å²) in [6, 6.07) is 5.87. The molecule has 5 heteroatoms. The summed E-state index contributed by atoms with van der Waals surface area (Å²) in [6.07, 6.45) is 3.67. The van der Waals surface area contributed by atoms with Crippen LogP contribution in [0.1, 0.15) is 24.8 Å². The molecule has 1 aromatic heterocycles. The van der Waals surface area contributed by atoms with E-state index in [0.29, 0.717) is 12.5 Å². The fraction of sp³-hybridized carbons (Fsp3) is 0.526. The summed E-state index contributed by atoms with van der Waals surface area (Å²) in [4.78, 5) is 7.01. The molecular weight excluding hydrogens is 304 g/mol. The van der Waals surface area contributed by atoms with Gasteiger partial charge in [0.05, 0.1) is 26.3 Å². The number of ether oxygens (including phenoxy) is 3. The standard InChI is InChI=1S/C19H26N2O3/c1-14-11-19(23-3)20-16-13-18(17(22-2)12-15(14)16)24-10-6-9-21-7-4-5-8-21/h11-13H,4-10H2,1-3H3. The fourth-order valence-electron chi connectivity index (χ4n) is 3.22. The Morgan fingerprint density at radius 2 is 1.83 bits per heavy atom. The van der Waals surface area contributed by atoms with E-state index in [1.807, 2.05) is 25.1 Å². The highest BCUT2D eigenvalue weighted by atomic mass is 16.5. The van der Waals surface area contributed by atoms with Gasteiger partial charge in [-0.05, 0) is 50.9 Å². The minimum absolute atomic E-state index is 0.616. The lowest BCUT2D eigenvalue weighted by Gasteiger charge is -2.16. The molecule has 0 N–H and O–H groups in total. The Kier molecular flexibility index (Phi) is 5.41. The number of aryl methyl sites for hydroxylation is 1. The third-order valence-corrected chi connectivity index (χ3v) is 4.56. The normalized spacial score (nSPS) is 15.0. The van der Waals surface area contributed by atoms with Crippen LogP contribution in [-0.2, 0) is 0 Å².